The summed E-state index contributed by atoms with van der Waals surface area (Å²) in [6.45, 7) is 15.0. The van der Waals surface area contributed by atoms with Gasteiger partial charge in [0.2, 0.25) is 29.5 Å². The molecular formula is C43H72N6O9. The van der Waals surface area contributed by atoms with Crippen LogP contribution in [0.2, 0.25) is 0 Å². The predicted octanol–water partition coefficient (Wildman–Crippen LogP) is 3.08. The summed E-state index contributed by atoms with van der Waals surface area (Å²) < 4.78 is 11.9. The first-order valence-corrected chi connectivity index (χ1v) is 20.7. The Morgan fingerprint density at radius 1 is 0.862 bits per heavy atom. The Morgan fingerprint density at radius 2 is 1.48 bits per heavy atom. The standard InChI is InChI=1S/C43H72N6O9/c1-13-27(6)37(48(10)42(54)35(25(2)3)46-40(52)36(26(4)5)47(9)41(53)29(8)44)33(57-11)24-34(50)49-22-18-17-21-32(49)38(58-12)28(7)39(51)45-31(43(55)56)23-30-19-15-14-16-20-30/h14-16,19-20,25-29,31-33,35-38H,13,17-18,21-24,44H2,1-12H3,(H,45,51)(H,46,52)(H,55,56)/t27-,28+,29-,31-,32-,33+,35-,36-,37-,38+/m0/s1. The molecule has 1 fully saturated rings. The van der Waals surface area contributed by atoms with Crippen molar-refractivity contribution in [3.8, 4) is 0 Å². The highest BCUT2D eigenvalue weighted by atomic mass is 16.5. The molecule has 15 nitrogen and oxygen atoms in total. The molecule has 0 bridgehead atoms. The molecule has 1 saturated heterocycles. The van der Waals surface area contributed by atoms with Crippen molar-refractivity contribution in [1.29, 1.82) is 0 Å². The number of carbonyl (C=O) groups excluding carboxylic acids is 5. The topological polar surface area (TPSA) is 201 Å². The van der Waals surface area contributed by atoms with Crippen LogP contribution in [0.25, 0.3) is 0 Å². The summed E-state index contributed by atoms with van der Waals surface area (Å²) in [7, 11) is 6.20. The van der Waals surface area contributed by atoms with Crippen molar-refractivity contribution in [2.75, 3.05) is 34.9 Å². The fraction of sp³-hybridized carbons (Fsp3) is 0.721. The summed E-state index contributed by atoms with van der Waals surface area (Å²) in [4.78, 5) is 85.7. The average Bonchev–Trinajstić information content (AvgIpc) is 3.18. The van der Waals surface area contributed by atoms with E-state index in [9.17, 15) is 33.9 Å². The van der Waals surface area contributed by atoms with Crippen molar-refractivity contribution < 1.29 is 43.3 Å². The van der Waals surface area contributed by atoms with Crippen molar-refractivity contribution in [2.45, 2.75) is 142 Å². The van der Waals surface area contributed by atoms with Crippen LogP contribution in [0.3, 0.4) is 0 Å². The molecule has 0 unspecified atom stereocenters. The molecular weight excluding hydrogens is 745 g/mol. The van der Waals surface area contributed by atoms with Gasteiger partial charge < -0.3 is 45.6 Å². The number of amides is 5. The minimum Gasteiger partial charge on any atom is -0.480 e. The summed E-state index contributed by atoms with van der Waals surface area (Å²) in [6.07, 6.45) is 1.41. The zero-order chi connectivity index (χ0) is 44.0. The summed E-state index contributed by atoms with van der Waals surface area (Å²) in [5.41, 5.74) is 6.62. The SMILES string of the molecule is CC[C@H](C)[C@@H]([C@@H](CC(=O)N1CCCC[C@H]1[C@H](OC)[C@@H](C)C(=O)N[C@@H](Cc1ccccc1)C(=O)O)OC)N(C)C(=O)[C@@H](NC(=O)[C@H](C(C)C)N(C)C(=O)[C@H](C)N)C(C)C. The fourth-order valence-electron chi connectivity index (χ4n) is 8.18. The van der Waals surface area contributed by atoms with Gasteiger partial charge in [0.05, 0.1) is 42.7 Å². The molecule has 0 radical (unpaired) electrons. The maximum Gasteiger partial charge on any atom is 0.326 e. The van der Waals surface area contributed by atoms with E-state index in [4.69, 9.17) is 15.2 Å². The molecule has 58 heavy (non-hydrogen) atoms. The third kappa shape index (κ3) is 13.2. The predicted molar refractivity (Wildman–Crippen MR) is 222 cm³/mol. The quantitative estimate of drug-likeness (QED) is 0.135. The second-order valence-electron chi connectivity index (χ2n) is 16.7. The molecule has 0 aliphatic carbocycles. The van der Waals surface area contributed by atoms with Crippen LogP contribution in [-0.4, -0.2) is 139 Å². The summed E-state index contributed by atoms with van der Waals surface area (Å²) in [6, 6.07) is 4.29. The number of aliphatic carboxylic acids is 1. The Hall–Kier alpha value is -4.08. The van der Waals surface area contributed by atoms with Gasteiger partial charge in [-0.2, -0.15) is 0 Å². The van der Waals surface area contributed by atoms with E-state index in [-0.39, 0.29) is 48.3 Å². The monoisotopic (exact) mass is 817 g/mol. The smallest absolute Gasteiger partial charge is 0.326 e. The number of hydrogen-bond donors (Lipinski definition) is 4. The normalized spacial score (nSPS) is 19.2. The van der Waals surface area contributed by atoms with Gasteiger partial charge in [-0.15, -0.1) is 0 Å². The van der Waals surface area contributed by atoms with E-state index < -0.39 is 72.2 Å². The minimum absolute atomic E-state index is 0.0624. The molecule has 2 rings (SSSR count). The van der Waals surface area contributed by atoms with Crippen molar-refractivity contribution in [3.05, 3.63) is 35.9 Å². The van der Waals surface area contributed by atoms with Crippen molar-refractivity contribution in [3.63, 3.8) is 0 Å². The number of carbonyl (C=O) groups is 6. The summed E-state index contributed by atoms with van der Waals surface area (Å²) in [5.74, 6) is -4.54. The molecule has 1 aromatic carbocycles. The van der Waals surface area contributed by atoms with Crippen LogP contribution in [0.5, 0.6) is 0 Å². The largest absolute Gasteiger partial charge is 0.480 e. The maximum absolute atomic E-state index is 14.4. The van der Waals surface area contributed by atoms with E-state index in [1.165, 1.54) is 26.2 Å². The first-order chi connectivity index (χ1) is 27.2. The molecule has 5 N–H and O–H groups in total. The van der Waals surface area contributed by atoms with Gasteiger partial charge in [0.15, 0.2) is 0 Å². The maximum atomic E-state index is 14.4. The Bertz CT molecular complexity index is 1510. The zero-order valence-electron chi connectivity index (χ0n) is 36.9. The Kier molecular flexibility index (Phi) is 20.3. The molecule has 0 saturated carbocycles. The summed E-state index contributed by atoms with van der Waals surface area (Å²) in [5, 5.41) is 15.5. The van der Waals surface area contributed by atoms with Gasteiger partial charge in [-0.3, -0.25) is 24.0 Å². The lowest BCUT2D eigenvalue weighted by atomic mass is 9.87. The number of methoxy groups -OCH3 is 2. The van der Waals surface area contributed by atoms with Gasteiger partial charge >= 0.3 is 5.97 Å². The molecule has 328 valence electrons. The van der Waals surface area contributed by atoms with Crippen LogP contribution in [-0.2, 0) is 44.7 Å². The first kappa shape index (κ1) is 50.1. The van der Waals surface area contributed by atoms with Gasteiger partial charge in [0.1, 0.15) is 18.1 Å². The van der Waals surface area contributed by atoms with Crippen LogP contribution in [0.1, 0.15) is 93.1 Å². The van der Waals surface area contributed by atoms with Gasteiger partial charge in [-0.1, -0.05) is 85.2 Å². The molecule has 10 atom stereocenters. The van der Waals surface area contributed by atoms with Crippen LogP contribution < -0.4 is 16.4 Å². The van der Waals surface area contributed by atoms with Crippen molar-refractivity contribution in [1.82, 2.24) is 25.3 Å². The molecule has 0 spiro atoms. The second kappa shape index (κ2) is 23.5. The first-order valence-electron chi connectivity index (χ1n) is 20.7. The Balaban J connectivity index is 2.34. The molecule has 1 heterocycles. The Labute approximate surface area is 346 Å². The summed E-state index contributed by atoms with van der Waals surface area (Å²) >= 11 is 0. The highest BCUT2D eigenvalue weighted by Crippen LogP contribution is 2.29. The van der Waals surface area contributed by atoms with E-state index in [1.807, 2.05) is 59.7 Å². The lowest BCUT2D eigenvalue weighted by Crippen LogP contribution is -2.61. The van der Waals surface area contributed by atoms with E-state index in [0.29, 0.717) is 19.4 Å². The molecule has 5 amide bonds. The molecule has 15 heteroatoms. The lowest BCUT2D eigenvalue weighted by Gasteiger charge is -2.43. The van der Waals surface area contributed by atoms with Crippen LogP contribution in [0, 0.1) is 23.7 Å². The molecule has 1 aromatic rings. The zero-order valence-corrected chi connectivity index (χ0v) is 36.9. The number of nitrogens with zero attached hydrogens (tertiary/aromatic N) is 3. The number of likely N-dealkylation sites (N-methyl/N-ethyl adjacent to an activating group) is 2. The lowest BCUT2D eigenvalue weighted by molar-refractivity contribution is -0.151. The average molecular weight is 817 g/mol. The van der Waals surface area contributed by atoms with Gasteiger partial charge in [-0.05, 0) is 49.5 Å². The number of ether oxygens (including phenoxy) is 2. The number of carboxylic acids is 1. The Morgan fingerprint density at radius 3 is 1.98 bits per heavy atom. The van der Waals surface area contributed by atoms with Crippen LogP contribution in [0.15, 0.2) is 30.3 Å². The van der Waals surface area contributed by atoms with Gasteiger partial charge in [0, 0.05) is 41.3 Å². The number of nitrogens with one attached hydrogen (secondary N) is 2. The van der Waals surface area contributed by atoms with Gasteiger partial charge in [0.25, 0.3) is 0 Å². The van der Waals surface area contributed by atoms with Crippen LogP contribution >= 0.6 is 0 Å². The molecule has 0 aromatic heterocycles. The van der Waals surface area contributed by atoms with E-state index >= 15 is 0 Å². The van der Waals surface area contributed by atoms with Crippen molar-refractivity contribution >= 4 is 35.5 Å². The number of benzene rings is 1. The van der Waals surface area contributed by atoms with Gasteiger partial charge in [-0.25, -0.2) is 4.79 Å². The van der Waals surface area contributed by atoms with Crippen LogP contribution in [0.4, 0.5) is 0 Å². The number of carboxylic acid groups (broad SMARTS) is 1. The van der Waals surface area contributed by atoms with Crippen molar-refractivity contribution in [2.24, 2.45) is 29.4 Å². The number of rotatable bonds is 22. The number of piperidine rings is 1. The number of nitrogens with two attached hydrogens (primary N) is 1. The third-order valence-corrected chi connectivity index (χ3v) is 11.7. The number of hydrogen-bond acceptors (Lipinski definition) is 9. The fourth-order valence-corrected chi connectivity index (χ4v) is 8.18. The molecule has 1 aliphatic heterocycles. The minimum atomic E-state index is -1.15. The third-order valence-electron chi connectivity index (χ3n) is 11.7. The van der Waals surface area contributed by atoms with E-state index in [1.54, 1.807) is 42.8 Å². The van der Waals surface area contributed by atoms with E-state index in [0.717, 1.165) is 18.4 Å². The van der Waals surface area contributed by atoms with E-state index in [2.05, 4.69) is 10.6 Å². The number of likely N-dealkylation sites (tertiary alicyclic amines) is 1. The second-order valence-corrected chi connectivity index (χ2v) is 16.7. The molecule has 1 aliphatic rings. The highest BCUT2D eigenvalue weighted by Gasteiger charge is 2.43. The highest BCUT2D eigenvalue weighted by molar-refractivity contribution is 5.93.